The Morgan fingerprint density at radius 3 is 2.53 bits per heavy atom. The van der Waals surface area contributed by atoms with E-state index in [-0.39, 0.29) is 5.82 Å². The number of rotatable bonds is 3. The lowest BCUT2D eigenvalue weighted by atomic mass is 10.2. The maximum atomic E-state index is 13.1. The fraction of sp³-hybridized carbons (Fsp3) is 0.467. The molecule has 1 aromatic rings. The van der Waals surface area contributed by atoms with Crippen LogP contribution in [0.25, 0.3) is 0 Å². The number of hydrogen-bond acceptors (Lipinski definition) is 3. The summed E-state index contributed by atoms with van der Waals surface area (Å²) in [5, 5.41) is 3.19. The summed E-state index contributed by atoms with van der Waals surface area (Å²) in [6.07, 6.45) is 0. The second kappa shape index (κ2) is 7.79. The number of benzene rings is 1. The SMILES string of the molecule is C=C(Nc1ccc(F)c(C)c1)N1CCOCC1.CC. The zero-order chi connectivity index (χ0) is 14.3. The molecule has 2 rings (SSSR count). The second-order valence-corrected chi connectivity index (χ2v) is 4.14. The number of halogens is 1. The highest BCUT2D eigenvalue weighted by atomic mass is 19.1. The Balaban J connectivity index is 0.000000861. The lowest BCUT2D eigenvalue weighted by Gasteiger charge is -2.30. The summed E-state index contributed by atoms with van der Waals surface area (Å²) in [5.41, 5.74) is 1.49. The van der Waals surface area contributed by atoms with Crippen LogP contribution in [0.15, 0.2) is 30.6 Å². The Morgan fingerprint density at radius 2 is 1.95 bits per heavy atom. The van der Waals surface area contributed by atoms with Crippen LogP contribution in [0.1, 0.15) is 19.4 Å². The van der Waals surface area contributed by atoms with Gasteiger partial charge in [-0.2, -0.15) is 0 Å². The van der Waals surface area contributed by atoms with Crippen LogP contribution in [0.5, 0.6) is 0 Å². The zero-order valence-corrected chi connectivity index (χ0v) is 12.0. The van der Waals surface area contributed by atoms with Crippen LogP contribution < -0.4 is 5.32 Å². The van der Waals surface area contributed by atoms with Crippen molar-refractivity contribution in [1.82, 2.24) is 4.90 Å². The molecule has 106 valence electrons. The molecule has 0 bridgehead atoms. The molecular formula is C15H23FN2O. The molecule has 1 aliphatic heterocycles. The molecule has 0 saturated carbocycles. The van der Waals surface area contributed by atoms with E-state index in [2.05, 4.69) is 16.8 Å². The third-order valence-electron chi connectivity index (χ3n) is 2.84. The van der Waals surface area contributed by atoms with Gasteiger partial charge in [0, 0.05) is 18.8 Å². The molecule has 1 saturated heterocycles. The molecule has 0 spiro atoms. The van der Waals surface area contributed by atoms with Gasteiger partial charge in [-0.15, -0.1) is 0 Å². The predicted molar refractivity (Wildman–Crippen MR) is 77.6 cm³/mol. The van der Waals surface area contributed by atoms with Gasteiger partial charge in [0.25, 0.3) is 0 Å². The lowest BCUT2D eigenvalue weighted by molar-refractivity contribution is 0.0545. The highest BCUT2D eigenvalue weighted by Crippen LogP contribution is 2.16. The molecule has 1 heterocycles. The molecule has 3 nitrogen and oxygen atoms in total. The minimum absolute atomic E-state index is 0.187. The van der Waals surface area contributed by atoms with Crippen LogP contribution in [0, 0.1) is 12.7 Å². The Bertz CT molecular complexity index is 415. The van der Waals surface area contributed by atoms with E-state index in [1.165, 1.54) is 6.07 Å². The molecule has 1 aromatic carbocycles. The Kier molecular flexibility index (Phi) is 6.36. The average Bonchev–Trinajstić information content (AvgIpc) is 2.46. The van der Waals surface area contributed by atoms with Gasteiger partial charge in [0.05, 0.1) is 19.0 Å². The van der Waals surface area contributed by atoms with Crippen LogP contribution in [0.2, 0.25) is 0 Å². The lowest BCUT2D eigenvalue weighted by Crippen LogP contribution is -2.37. The summed E-state index contributed by atoms with van der Waals surface area (Å²) in [7, 11) is 0. The number of hydrogen-bond donors (Lipinski definition) is 1. The minimum atomic E-state index is -0.187. The van der Waals surface area contributed by atoms with Crippen molar-refractivity contribution >= 4 is 5.69 Å². The molecule has 1 aliphatic rings. The first kappa shape index (κ1) is 15.5. The third kappa shape index (κ3) is 4.56. The van der Waals surface area contributed by atoms with E-state index in [1.807, 2.05) is 13.8 Å². The predicted octanol–water partition coefficient (Wildman–Crippen LogP) is 3.38. The van der Waals surface area contributed by atoms with Crippen LogP contribution in [0.4, 0.5) is 10.1 Å². The standard InChI is InChI=1S/C13H17FN2O.C2H6/c1-10-9-12(3-4-13(10)14)15-11(2)16-5-7-17-8-6-16;1-2/h3-4,9,15H,2,5-8H2,1H3;1-2H3. The molecule has 0 amide bonds. The van der Waals surface area contributed by atoms with Crippen LogP contribution in [-0.4, -0.2) is 31.2 Å². The van der Waals surface area contributed by atoms with Gasteiger partial charge in [0.2, 0.25) is 0 Å². The molecule has 0 unspecified atom stereocenters. The van der Waals surface area contributed by atoms with Crippen LogP contribution in [0.3, 0.4) is 0 Å². The van der Waals surface area contributed by atoms with Gasteiger partial charge < -0.3 is 15.0 Å². The first-order valence-corrected chi connectivity index (χ1v) is 6.71. The van der Waals surface area contributed by atoms with Gasteiger partial charge in [-0.3, -0.25) is 0 Å². The van der Waals surface area contributed by atoms with Crippen molar-refractivity contribution in [3.05, 3.63) is 42.0 Å². The fourth-order valence-corrected chi connectivity index (χ4v) is 1.80. The molecule has 0 aromatic heterocycles. The van der Waals surface area contributed by atoms with E-state index < -0.39 is 0 Å². The van der Waals surface area contributed by atoms with Gasteiger partial charge >= 0.3 is 0 Å². The number of aryl methyl sites for hydroxylation is 1. The molecular weight excluding hydrogens is 243 g/mol. The van der Waals surface area contributed by atoms with Gasteiger partial charge in [0.1, 0.15) is 5.82 Å². The number of morpholine rings is 1. The largest absolute Gasteiger partial charge is 0.378 e. The highest BCUT2D eigenvalue weighted by molar-refractivity contribution is 5.49. The zero-order valence-electron chi connectivity index (χ0n) is 12.0. The van der Waals surface area contributed by atoms with Crippen molar-refractivity contribution in [2.45, 2.75) is 20.8 Å². The molecule has 4 heteroatoms. The van der Waals surface area contributed by atoms with E-state index in [1.54, 1.807) is 19.1 Å². The number of nitrogens with one attached hydrogen (secondary N) is 1. The fourth-order valence-electron chi connectivity index (χ4n) is 1.80. The molecule has 1 fully saturated rings. The van der Waals surface area contributed by atoms with Crippen molar-refractivity contribution in [2.75, 3.05) is 31.6 Å². The van der Waals surface area contributed by atoms with E-state index in [0.717, 1.165) is 37.8 Å². The first-order valence-electron chi connectivity index (χ1n) is 6.71. The van der Waals surface area contributed by atoms with Crippen molar-refractivity contribution in [2.24, 2.45) is 0 Å². The molecule has 0 atom stereocenters. The van der Waals surface area contributed by atoms with Crippen molar-refractivity contribution in [1.29, 1.82) is 0 Å². The third-order valence-corrected chi connectivity index (χ3v) is 2.84. The second-order valence-electron chi connectivity index (χ2n) is 4.14. The van der Waals surface area contributed by atoms with Gasteiger partial charge in [-0.05, 0) is 30.7 Å². The van der Waals surface area contributed by atoms with Crippen molar-refractivity contribution in [3.8, 4) is 0 Å². The van der Waals surface area contributed by atoms with Gasteiger partial charge in [0.15, 0.2) is 0 Å². The average molecular weight is 266 g/mol. The normalized spacial score (nSPS) is 14.4. The van der Waals surface area contributed by atoms with Gasteiger partial charge in [-0.25, -0.2) is 4.39 Å². The molecule has 0 radical (unpaired) electrons. The van der Waals surface area contributed by atoms with E-state index in [9.17, 15) is 4.39 Å². The van der Waals surface area contributed by atoms with Crippen molar-refractivity contribution < 1.29 is 9.13 Å². The first-order chi connectivity index (χ1) is 9.16. The van der Waals surface area contributed by atoms with Crippen molar-refractivity contribution in [3.63, 3.8) is 0 Å². The summed E-state index contributed by atoms with van der Waals surface area (Å²) in [6.45, 7) is 12.9. The maximum Gasteiger partial charge on any atom is 0.126 e. The number of ether oxygens (including phenoxy) is 1. The Morgan fingerprint density at radius 1 is 1.32 bits per heavy atom. The van der Waals surface area contributed by atoms with E-state index >= 15 is 0 Å². The summed E-state index contributed by atoms with van der Waals surface area (Å²) in [4.78, 5) is 2.13. The highest BCUT2D eigenvalue weighted by Gasteiger charge is 2.12. The molecule has 0 aliphatic carbocycles. The topological polar surface area (TPSA) is 24.5 Å². The molecule has 1 N–H and O–H groups in total. The Labute approximate surface area is 115 Å². The Hall–Kier alpha value is -1.55. The van der Waals surface area contributed by atoms with E-state index in [0.29, 0.717) is 5.56 Å². The number of nitrogens with zero attached hydrogens (tertiary/aromatic N) is 1. The summed E-state index contributed by atoms with van der Waals surface area (Å²) < 4.78 is 18.4. The summed E-state index contributed by atoms with van der Waals surface area (Å²) in [5.74, 6) is 0.645. The minimum Gasteiger partial charge on any atom is -0.378 e. The monoisotopic (exact) mass is 266 g/mol. The van der Waals surface area contributed by atoms with Crippen LogP contribution >= 0.6 is 0 Å². The molecule has 19 heavy (non-hydrogen) atoms. The quantitative estimate of drug-likeness (QED) is 0.907. The smallest absolute Gasteiger partial charge is 0.126 e. The number of anilines is 1. The van der Waals surface area contributed by atoms with E-state index in [4.69, 9.17) is 4.74 Å². The maximum absolute atomic E-state index is 13.1. The van der Waals surface area contributed by atoms with Gasteiger partial charge in [-0.1, -0.05) is 20.4 Å². The summed E-state index contributed by atoms with van der Waals surface area (Å²) >= 11 is 0. The summed E-state index contributed by atoms with van der Waals surface area (Å²) in [6, 6.07) is 4.96. The van der Waals surface area contributed by atoms with Crippen LogP contribution in [-0.2, 0) is 4.74 Å².